The van der Waals surface area contributed by atoms with Gasteiger partial charge in [0.25, 0.3) is 5.22 Å². The largest absolute Gasteiger partial charge is 0.497 e. The van der Waals surface area contributed by atoms with E-state index in [1.54, 1.807) is 50.1 Å². The number of rotatable bonds is 9. The molecule has 1 aromatic carbocycles. The van der Waals surface area contributed by atoms with Gasteiger partial charge in [-0.1, -0.05) is 23.9 Å². The maximum Gasteiger partial charge on any atom is 0.338 e. The van der Waals surface area contributed by atoms with Crippen LogP contribution in [0.1, 0.15) is 24.4 Å². The van der Waals surface area contributed by atoms with Gasteiger partial charge < -0.3 is 24.5 Å². The molecule has 0 aliphatic carbocycles. The average molecular weight is 451 g/mol. The standard InChI is InChI=1S/C19H22N4O5S2/c1-4-27-17(24)15-13(9-30-19-23-22-14(28-19)10-29-3)20-18(25)21-16(15)11-5-7-12(26-2)8-6-11/h5-8,16H,4,9-10H2,1-3H3,(H2,20,21,25)/t16-/m0/s1. The lowest BCUT2D eigenvalue weighted by Gasteiger charge is -2.29. The number of thioether (sulfide) groups is 2. The molecular formula is C19H22N4O5S2. The molecule has 0 unspecified atom stereocenters. The third kappa shape index (κ3) is 5.28. The molecule has 1 atom stereocenters. The second-order valence-electron chi connectivity index (χ2n) is 6.10. The Morgan fingerprint density at radius 2 is 2.00 bits per heavy atom. The van der Waals surface area contributed by atoms with E-state index in [0.29, 0.717) is 33.9 Å². The van der Waals surface area contributed by atoms with Crippen LogP contribution < -0.4 is 15.4 Å². The zero-order valence-corrected chi connectivity index (χ0v) is 18.4. The molecule has 2 amide bonds. The highest BCUT2D eigenvalue weighted by Gasteiger charge is 2.34. The van der Waals surface area contributed by atoms with Gasteiger partial charge in [-0.2, -0.15) is 11.8 Å². The number of aromatic nitrogens is 2. The SMILES string of the molecule is CCOC(=O)C1=C(CSc2nnc(CSC)o2)NC(=O)N[C@H]1c1ccc(OC)cc1. The minimum Gasteiger partial charge on any atom is -0.497 e. The number of ether oxygens (including phenoxy) is 2. The smallest absolute Gasteiger partial charge is 0.338 e. The Morgan fingerprint density at radius 3 is 2.67 bits per heavy atom. The third-order valence-corrected chi connectivity index (χ3v) is 5.53. The molecular weight excluding hydrogens is 428 g/mol. The van der Waals surface area contributed by atoms with E-state index in [9.17, 15) is 9.59 Å². The minimum atomic E-state index is -0.658. The van der Waals surface area contributed by atoms with Crippen molar-refractivity contribution in [1.29, 1.82) is 0 Å². The number of benzene rings is 1. The van der Waals surface area contributed by atoms with E-state index in [1.807, 2.05) is 6.26 Å². The van der Waals surface area contributed by atoms with Gasteiger partial charge in [0, 0.05) is 11.4 Å². The summed E-state index contributed by atoms with van der Waals surface area (Å²) in [4.78, 5) is 25.1. The molecule has 0 bridgehead atoms. The second kappa shape index (κ2) is 10.4. The van der Waals surface area contributed by atoms with Gasteiger partial charge in [-0.3, -0.25) is 0 Å². The summed E-state index contributed by atoms with van der Waals surface area (Å²) >= 11 is 2.82. The normalized spacial score (nSPS) is 16.1. The van der Waals surface area contributed by atoms with Crippen molar-refractivity contribution < 1.29 is 23.5 Å². The number of hydrogen-bond acceptors (Lipinski definition) is 9. The molecule has 0 fully saturated rings. The van der Waals surface area contributed by atoms with Crippen LogP contribution in [0.4, 0.5) is 4.79 Å². The van der Waals surface area contributed by atoms with Gasteiger partial charge >= 0.3 is 12.0 Å². The Bertz CT molecular complexity index is 929. The number of urea groups is 1. The Hall–Kier alpha value is -2.66. The lowest BCUT2D eigenvalue weighted by atomic mass is 9.95. The molecule has 1 aliphatic rings. The molecule has 2 N–H and O–H groups in total. The number of methoxy groups -OCH3 is 1. The number of amides is 2. The Labute approximate surface area is 182 Å². The minimum absolute atomic E-state index is 0.216. The lowest BCUT2D eigenvalue weighted by molar-refractivity contribution is -0.139. The van der Waals surface area contributed by atoms with Gasteiger partial charge in [-0.15, -0.1) is 10.2 Å². The van der Waals surface area contributed by atoms with E-state index < -0.39 is 18.0 Å². The van der Waals surface area contributed by atoms with Gasteiger partial charge in [0.2, 0.25) is 5.89 Å². The Balaban J connectivity index is 1.90. The summed E-state index contributed by atoms with van der Waals surface area (Å²) in [5.41, 5.74) is 1.50. The maximum atomic E-state index is 12.8. The van der Waals surface area contributed by atoms with Crippen molar-refractivity contribution in [1.82, 2.24) is 20.8 Å². The average Bonchev–Trinajstić information content (AvgIpc) is 3.19. The first-order valence-electron chi connectivity index (χ1n) is 9.11. The lowest BCUT2D eigenvalue weighted by Crippen LogP contribution is -2.46. The van der Waals surface area contributed by atoms with E-state index in [1.165, 1.54) is 11.8 Å². The highest BCUT2D eigenvalue weighted by atomic mass is 32.2. The number of hydrogen-bond donors (Lipinski definition) is 2. The van der Waals surface area contributed by atoms with Crippen molar-refractivity contribution in [3.8, 4) is 5.75 Å². The van der Waals surface area contributed by atoms with Crippen molar-refractivity contribution in [2.24, 2.45) is 0 Å². The van der Waals surface area contributed by atoms with E-state index in [-0.39, 0.29) is 12.4 Å². The molecule has 1 aromatic heterocycles. The monoisotopic (exact) mass is 450 g/mol. The summed E-state index contributed by atoms with van der Waals surface area (Å²) in [5, 5.41) is 13.8. The third-order valence-electron chi connectivity index (χ3n) is 4.15. The van der Waals surface area contributed by atoms with Crippen molar-refractivity contribution in [2.75, 3.05) is 25.7 Å². The molecule has 2 heterocycles. The van der Waals surface area contributed by atoms with Crippen molar-refractivity contribution in [3.05, 3.63) is 47.0 Å². The molecule has 0 radical (unpaired) electrons. The van der Waals surface area contributed by atoms with Gasteiger partial charge in [0.05, 0.1) is 31.1 Å². The summed E-state index contributed by atoms with van der Waals surface area (Å²) in [5.74, 6) is 1.57. The topological polar surface area (TPSA) is 116 Å². The van der Waals surface area contributed by atoms with Crippen molar-refractivity contribution in [3.63, 3.8) is 0 Å². The second-order valence-corrected chi connectivity index (χ2v) is 7.89. The fourth-order valence-corrected chi connectivity index (χ4v) is 3.95. The van der Waals surface area contributed by atoms with Crippen LogP contribution >= 0.6 is 23.5 Å². The summed E-state index contributed by atoms with van der Waals surface area (Å²) in [6.07, 6.45) is 1.94. The first-order chi connectivity index (χ1) is 14.5. The predicted molar refractivity (Wildman–Crippen MR) is 113 cm³/mol. The summed E-state index contributed by atoms with van der Waals surface area (Å²) in [6, 6.07) is 6.07. The van der Waals surface area contributed by atoms with Gasteiger partial charge in [-0.25, -0.2) is 9.59 Å². The first kappa shape index (κ1) is 22.0. The molecule has 0 saturated carbocycles. The van der Waals surface area contributed by atoms with Crippen LogP contribution in [-0.2, 0) is 15.3 Å². The molecule has 2 aromatic rings. The Kier molecular flexibility index (Phi) is 7.63. The fourth-order valence-electron chi connectivity index (χ4n) is 2.84. The van der Waals surface area contributed by atoms with Crippen molar-refractivity contribution >= 4 is 35.5 Å². The molecule has 0 saturated heterocycles. The van der Waals surface area contributed by atoms with Crippen LogP contribution in [0.5, 0.6) is 5.75 Å². The van der Waals surface area contributed by atoms with Gasteiger partial charge in [0.15, 0.2) is 0 Å². The van der Waals surface area contributed by atoms with Crippen LogP contribution in [-0.4, -0.2) is 47.9 Å². The van der Waals surface area contributed by atoms with Crippen LogP contribution in [0, 0.1) is 0 Å². The molecule has 3 rings (SSSR count). The zero-order chi connectivity index (χ0) is 21.5. The highest BCUT2D eigenvalue weighted by Crippen LogP contribution is 2.31. The quantitative estimate of drug-likeness (QED) is 0.439. The van der Waals surface area contributed by atoms with Crippen LogP contribution in [0.3, 0.4) is 0 Å². The van der Waals surface area contributed by atoms with E-state index in [0.717, 1.165) is 5.56 Å². The first-order valence-corrected chi connectivity index (χ1v) is 11.5. The number of carbonyl (C=O) groups excluding carboxylic acids is 2. The summed E-state index contributed by atoms with van der Waals surface area (Å²) in [7, 11) is 1.57. The summed E-state index contributed by atoms with van der Waals surface area (Å²) in [6.45, 7) is 1.95. The molecule has 1 aliphatic heterocycles. The molecule has 160 valence electrons. The van der Waals surface area contributed by atoms with Crippen LogP contribution in [0.15, 0.2) is 45.2 Å². The van der Waals surface area contributed by atoms with Crippen LogP contribution in [0.2, 0.25) is 0 Å². The fraction of sp³-hybridized carbons (Fsp3) is 0.368. The number of nitrogens with one attached hydrogen (secondary N) is 2. The highest BCUT2D eigenvalue weighted by molar-refractivity contribution is 7.99. The molecule has 0 spiro atoms. The maximum absolute atomic E-state index is 12.8. The van der Waals surface area contributed by atoms with E-state index >= 15 is 0 Å². The molecule has 9 nitrogen and oxygen atoms in total. The molecule has 30 heavy (non-hydrogen) atoms. The van der Waals surface area contributed by atoms with Crippen molar-refractivity contribution in [2.45, 2.75) is 23.9 Å². The number of carbonyl (C=O) groups is 2. The van der Waals surface area contributed by atoms with Gasteiger partial charge in [0.1, 0.15) is 5.75 Å². The zero-order valence-electron chi connectivity index (χ0n) is 16.8. The van der Waals surface area contributed by atoms with Crippen LogP contribution in [0.25, 0.3) is 0 Å². The van der Waals surface area contributed by atoms with E-state index in [2.05, 4.69) is 20.8 Å². The number of nitrogens with zero attached hydrogens (tertiary/aromatic N) is 2. The van der Waals surface area contributed by atoms with Gasteiger partial charge in [-0.05, 0) is 30.9 Å². The Morgan fingerprint density at radius 1 is 1.23 bits per heavy atom. The summed E-state index contributed by atoms with van der Waals surface area (Å²) < 4.78 is 16.0. The predicted octanol–water partition coefficient (Wildman–Crippen LogP) is 2.90. The van der Waals surface area contributed by atoms with E-state index in [4.69, 9.17) is 13.9 Å². The number of esters is 1. The molecule has 11 heteroatoms.